The molecule has 1 unspecified atom stereocenters. The molecule has 2 aliphatic rings. The minimum Gasteiger partial charge on any atom is -0.506 e. The van der Waals surface area contributed by atoms with Gasteiger partial charge in [-0.15, -0.1) is 0 Å². The highest BCUT2D eigenvalue weighted by Gasteiger charge is 2.35. The molecule has 22 heavy (non-hydrogen) atoms. The number of carbonyl (C=O) groups is 1. The summed E-state index contributed by atoms with van der Waals surface area (Å²) in [6.45, 7) is 0. The quantitative estimate of drug-likeness (QED) is 0.578. The lowest BCUT2D eigenvalue weighted by atomic mass is 9.85. The molecule has 0 spiro atoms. The molecule has 0 amide bonds. The van der Waals surface area contributed by atoms with Gasteiger partial charge in [0.1, 0.15) is 10.8 Å². The zero-order valence-electron chi connectivity index (χ0n) is 11.2. The van der Waals surface area contributed by atoms with Gasteiger partial charge in [-0.1, -0.05) is 23.2 Å². The Morgan fingerprint density at radius 3 is 2.68 bits per heavy atom. The zero-order valence-corrected chi connectivity index (χ0v) is 13.6. The van der Waals surface area contributed by atoms with Crippen molar-refractivity contribution in [1.29, 1.82) is 0 Å². The average molecular weight is 359 g/mol. The Morgan fingerprint density at radius 1 is 1.23 bits per heavy atom. The van der Waals surface area contributed by atoms with Crippen LogP contribution in [-0.2, 0) is 4.79 Å². The summed E-state index contributed by atoms with van der Waals surface area (Å²) in [6, 6.07) is 0.739. The topological polar surface area (TPSA) is 81.6 Å². The van der Waals surface area contributed by atoms with Crippen molar-refractivity contribution in [2.45, 2.75) is 25.3 Å². The molecular weight excluding hydrogens is 347 g/mol. The normalized spacial score (nSPS) is 21.3. The predicted molar refractivity (Wildman–Crippen MR) is 87.3 cm³/mol. The number of hydrogen-bond donors (Lipinski definition) is 4. The fourth-order valence-corrected chi connectivity index (χ4v) is 3.49. The van der Waals surface area contributed by atoms with Crippen molar-refractivity contribution in [3.63, 3.8) is 0 Å². The molecule has 1 aliphatic carbocycles. The Kier molecular flexibility index (Phi) is 3.92. The van der Waals surface area contributed by atoms with Crippen LogP contribution in [-0.4, -0.2) is 21.1 Å². The third-order valence-corrected chi connectivity index (χ3v) is 4.66. The van der Waals surface area contributed by atoms with Gasteiger partial charge in [0, 0.05) is 23.3 Å². The molecule has 0 aromatic heterocycles. The van der Waals surface area contributed by atoms with Crippen molar-refractivity contribution in [3.8, 4) is 11.5 Å². The molecule has 1 aliphatic heterocycles. The molecule has 0 radical (unpaired) electrons. The van der Waals surface area contributed by atoms with E-state index in [9.17, 15) is 15.0 Å². The van der Waals surface area contributed by atoms with E-state index in [2.05, 4.69) is 10.6 Å². The number of thiocarbonyl (C=S) groups is 1. The van der Waals surface area contributed by atoms with Crippen molar-refractivity contribution < 1.29 is 15.0 Å². The largest absolute Gasteiger partial charge is 0.506 e. The fraction of sp³-hybridized carbons (Fsp3) is 0.286. The van der Waals surface area contributed by atoms with E-state index in [1.54, 1.807) is 0 Å². The lowest BCUT2D eigenvalue weighted by Crippen LogP contribution is -2.46. The molecule has 1 aromatic rings. The van der Waals surface area contributed by atoms with Gasteiger partial charge >= 0.3 is 0 Å². The van der Waals surface area contributed by atoms with Crippen LogP contribution in [0.2, 0.25) is 10.0 Å². The number of nitrogens with one attached hydrogen (secondary N) is 2. The Bertz CT molecular complexity index is 733. The lowest BCUT2D eigenvalue weighted by Gasteiger charge is -2.34. The van der Waals surface area contributed by atoms with Gasteiger partial charge in [-0.2, -0.15) is 0 Å². The van der Waals surface area contributed by atoms with Crippen molar-refractivity contribution in [2.75, 3.05) is 0 Å². The van der Waals surface area contributed by atoms with Crippen LogP contribution in [0.3, 0.4) is 0 Å². The van der Waals surface area contributed by atoms with Crippen molar-refractivity contribution in [2.24, 2.45) is 0 Å². The molecule has 5 nitrogen and oxygen atoms in total. The molecule has 1 atom stereocenters. The van der Waals surface area contributed by atoms with Crippen LogP contribution in [0.5, 0.6) is 11.5 Å². The first kappa shape index (κ1) is 15.4. The number of ketones is 1. The van der Waals surface area contributed by atoms with Crippen LogP contribution in [0.15, 0.2) is 17.3 Å². The van der Waals surface area contributed by atoms with Gasteiger partial charge in [0.05, 0.1) is 11.1 Å². The molecule has 1 aromatic carbocycles. The predicted octanol–water partition coefficient (Wildman–Crippen LogP) is 2.93. The van der Waals surface area contributed by atoms with Crippen molar-refractivity contribution in [3.05, 3.63) is 32.9 Å². The van der Waals surface area contributed by atoms with Crippen LogP contribution in [0.25, 0.3) is 0 Å². The van der Waals surface area contributed by atoms with E-state index in [0.29, 0.717) is 29.1 Å². The second-order valence-electron chi connectivity index (χ2n) is 5.16. The molecule has 0 bridgehead atoms. The number of phenols is 2. The highest BCUT2D eigenvalue weighted by Crippen LogP contribution is 2.45. The number of carbonyl (C=O) groups excluding carboxylic acids is 1. The number of allylic oxidation sites excluding steroid dienone is 1. The summed E-state index contributed by atoms with van der Waals surface area (Å²) in [5.41, 5.74) is 1.58. The highest BCUT2D eigenvalue weighted by molar-refractivity contribution is 7.80. The number of benzene rings is 1. The summed E-state index contributed by atoms with van der Waals surface area (Å²) in [5.74, 6) is -0.741. The molecule has 0 saturated heterocycles. The van der Waals surface area contributed by atoms with Crippen LogP contribution in [0, 0.1) is 0 Å². The first-order valence-corrected chi connectivity index (χ1v) is 7.80. The molecule has 8 heteroatoms. The minimum atomic E-state index is -0.646. The summed E-state index contributed by atoms with van der Waals surface area (Å²) in [6.07, 6.45) is 1.90. The summed E-state index contributed by atoms with van der Waals surface area (Å²) < 4.78 is 0. The van der Waals surface area contributed by atoms with Crippen LogP contribution >= 0.6 is 35.4 Å². The minimum absolute atomic E-state index is 0.00513. The summed E-state index contributed by atoms with van der Waals surface area (Å²) in [7, 11) is 0. The number of phenolic OH excluding ortho intramolecular Hbond substituents is 2. The van der Waals surface area contributed by atoms with Crippen LogP contribution < -0.4 is 10.6 Å². The molecule has 0 saturated carbocycles. The number of halogens is 2. The summed E-state index contributed by atoms with van der Waals surface area (Å²) >= 11 is 17.0. The fourth-order valence-electron chi connectivity index (χ4n) is 2.78. The van der Waals surface area contributed by atoms with E-state index in [1.165, 1.54) is 6.07 Å². The van der Waals surface area contributed by atoms with Gasteiger partial charge in [0.15, 0.2) is 16.6 Å². The Labute approximate surface area is 141 Å². The van der Waals surface area contributed by atoms with Gasteiger partial charge in [-0.05, 0) is 31.1 Å². The Balaban J connectivity index is 2.18. The SMILES string of the molecule is O=C1CCCC2=C1C(c1cc(Cl)c(O)c(Cl)c1O)NC(=S)N2. The third-order valence-electron chi connectivity index (χ3n) is 3.79. The molecular formula is C14H12Cl2N2O3S. The van der Waals surface area contributed by atoms with Crippen LogP contribution in [0.4, 0.5) is 0 Å². The van der Waals surface area contributed by atoms with Gasteiger partial charge < -0.3 is 20.8 Å². The molecule has 1 heterocycles. The summed E-state index contributed by atoms with van der Waals surface area (Å²) in [5, 5.41) is 26.0. The monoisotopic (exact) mass is 358 g/mol. The standard InChI is InChI=1S/C14H12Cl2N2O3S/c15-6-4-5(12(20)10(16)13(6)21)11-9-7(17-14(22)18-11)2-1-3-8(9)19/h4,11,20-21H,1-3H2,(H2,17,18,22). The number of rotatable bonds is 1. The molecule has 3 rings (SSSR count). The van der Waals surface area contributed by atoms with E-state index in [-0.39, 0.29) is 21.6 Å². The molecule has 0 fully saturated rings. The maximum atomic E-state index is 12.3. The number of aromatic hydroxyl groups is 2. The second kappa shape index (κ2) is 5.61. The Hall–Kier alpha value is -1.50. The lowest BCUT2D eigenvalue weighted by molar-refractivity contribution is -0.116. The second-order valence-corrected chi connectivity index (χ2v) is 6.35. The first-order valence-electron chi connectivity index (χ1n) is 6.63. The van der Waals surface area contributed by atoms with E-state index in [1.807, 2.05) is 0 Å². The number of Topliss-reactive ketones (excluding diaryl/α,β-unsaturated/α-hetero) is 1. The van der Waals surface area contributed by atoms with Gasteiger partial charge in [0.25, 0.3) is 0 Å². The van der Waals surface area contributed by atoms with E-state index >= 15 is 0 Å². The Morgan fingerprint density at radius 2 is 1.95 bits per heavy atom. The van der Waals surface area contributed by atoms with E-state index < -0.39 is 11.8 Å². The number of hydrogen-bond acceptors (Lipinski definition) is 4. The van der Waals surface area contributed by atoms with Crippen molar-refractivity contribution >= 4 is 46.3 Å². The molecule has 116 valence electrons. The zero-order chi connectivity index (χ0) is 16.0. The van der Waals surface area contributed by atoms with Crippen molar-refractivity contribution in [1.82, 2.24) is 10.6 Å². The first-order chi connectivity index (χ1) is 10.4. The van der Waals surface area contributed by atoms with Gasteiger partial charge in [0.2, 0.25) is 0 Å². The smallest absolute Gasteiger partial charge is 0.171 e. The van der Waals surface area contributed by atoms with E-state index in [0.717, 1.165) is 12.1 Å². The van der Waals surface area contributed by atoms with Gasteiger partial charge in [-0.25, -0.2) is 0 Å². The molecule has 4 N–H and O–H groups in total. The third kappa shape index (κ3) is 2.41. The maximum Gasteiger partial charge on any atom is 0.171 e. The van der Waals surface area contributed by atoms with Crippen LogP contribution in [0.1, 0.15) is 30.9 Å². The highest BCUT2D eigenvalue weighted by atomic mass is 35.5. The van der Waals surface area contributed by atoms with Gasteiger partial charge in [-0.3, -0.25) is 4.79 Å². The average Bonchev–Trinajstić information content (AvgIpc) is 2.48. The van der Waals surface area contributed by atoms with E-state index in [4.69, 9.17) is 35.4 Å². The summed E-state index contributed by atoms with van der Waals surface area (Å²) in [4.78, 5) is 12.3. The maximum absolute atomic E-state index is 12.3.